The van der Waals surface area contributed by atoms with Gasteiger partial charge in [0.05, 0.1) is 30.3 Å². The second-order valence-corrected chi connectivity index (χ2v) is 3.62. The number of carbonyl (C=O) groups excluding carboxylic acids is 1. The number of aryl methyl sites for hydroxylation is 1. The van der Waals surface area contributed by atoms with Crippen molar-refractivity contribution in [1.29, 1.82) is 0 Å². The zero-order valence-corrected chi connectivity index (χ0v) is 9.21. The van der Waals surface area contributed by atoms with Crippen LogP contribution < -0.4 is 0 Å². The molecule has 0 saturated carbocycles. The summed E-state index contributed by atoms with van der Waals surface area (Å²) < 4.78 is 6.26. The smallest absolute Gasteiger partial charge is 0.310 e. The molecule has 1 rings (SSSR count). The third kappa shape index (κ3) is 2.48. The van der Waals surface area contributed by atoms with Crippen molar-refractivity contribution in [3.8, 4) is 0 Å². The Kier molecular flexibility index (Phi) is 3.52. The molecule has 0 amide bonds. The molecule has 1 aromatic rings. The summed E-state index contributed by atoms with van der Waals surface area (Å²) in [5.41, 5.74) is 0.767. The van der Waals surface area contributed by atoms with Gasteiger partial charge < -0.3 is 4.74 Å². The van der Waals surface area contributed by atoms with E-state index in [0.717, 1.165) is 5.69 Å². The van der Waals surface area contributed by atoms with Crippen LogP contribution in [0.5, 0.6) is 0 Å². The molecule has 0 fully saturated rings. The zero-order chi connectivity index (χ0) is 10.7. The van der Waals surface area contributed by atoms with Crippen LogP contribution in [0.15, 0.2) is 6.20 Å². The summed E-state index contributed by atoms with van der Waals surface area (Å²) in [7, 11) is 1.38. The van der Waals surface area contributed by atoms with Gasteiger partial charge in [0.15, 0.2) is 0 Å². The predicted molar refractivity (Wildman–Crippen MR) is 53.2 cm³/mol. The Labute approximate surface area is 87.8 Å². The van der Waals surface area contributed by atoms with E-state index in [4.69, 9.17) is 11.6 Å². The highest BCUT2D eigenvalue weighted by Crippen LogP contribution is 2.13. The first-order chi connectivity index (χ1) is 6.54. The van der Waals surface area contributed by atoms with Crippen LogP contribution in [-0.4, -0.2) is 22.9 Å². The Morgan fingerprint density at radius 2 is 2.43 bits per heavy atom. The first-order valence-electron chi connectivity index (χ1n) is 4.32. The third-order valence-electron chi connectivity index (χ3n) is 1.95. The molecule has 0 aliphatic carbocycles. The van der Waals surface area contributed by atoms with Crippen molar-refractivity contribution in [3.05, 3.63) is 16.9 Å². The number of esters is 1. The number of hydrogen-bond acceptors (Lipinski definition) is 3. The van der Waals surface area contributed by atoms with Crippen LogP contribution in [0.2, 0.25) is 5.02 Å². The first-order valence-corrected chi connectivity index (χ1v) is 4.69. The summed E-state index contributed by atoms with van der Waals surface area (Å²) in [6.07, 6.45) is 1.70. The predicted octanol–water partition coefficient (Wildman–Crippen LogP) is 1.65. The van der Waals surface area contributed by atoms with Gasteiger partial charge in [0.1, 0.15) is 0 Å². The number of methoxy groups -OCH3 is 1. The standard InChI is InChI=1S/C9H13ClN2O2/c1-6(9(13)14-3)4-12-5-8(10)7(2)11-12/h5-6H,4H2,1-3H3. The highest BCUT2D eigenvalue weighted by molar-refractivity contribution is 6.31. The van der Waals surface area contributed by atoms with Crippen LogP contribution in [0.25, 0.3) is 0 Å². The Balaban J connectivity index is 2.64. The fourth-order valence-electron chi connectivity index (χ4n) is 1.14. The highest BCUT2D eigenvalue weighted by atomic mass is 35.5. The average molecular weight is 217 g/mol. The van der Waals surface area contributed by atoms with E-state index in [1.807, 2.05) is 6.92 Å². The van der Waals surface area contributed by atoms with Gasteiger partial charge in [-0.3, -0.25) is 9.48 Å². The largest absolute Gasteiger partial charge is 0.469 e. The van der Waals surface area contributed by atoms with Gasteiger partial charge in [-0.15, -0.1) is 0 Å². The van der Waals surface area contributed by atoms with Gasteiger partial charge in [-0.05, 0) is 6.92 Å². The quantitative estimate of drug-likeness (QED) is 0.722. The van der Waals surface area contributed by atoms with Crippen molar-refractivity contribution in [3.63, 3.8) is 0 Å². The second kappa shape index (κ2) is 4.46. The number of rotatable bonds is 3. The summed E-state index contributed by atoms with van der Waals surface area (Å²) in [5, 5.41) is 4.76. The molecular weight excluding hydrogens is 204 g/mol. The van der Waals surface area contributed by atoms with Gasteiger partial charge in [0, 0.05) is 6.20 Å². The van der Waals surface area contributed by atoms with E-state index >= 15 is 0 Å². The maximum absolute atomic E-state index is 11.1. The SMILES string of the molecule is COC(=O)C(C)Cn1cc(Cl)c(C)n1. The number of nitrogens with zero attached hydrogens (tertiary/aromatic N) is 2. The van der Waals surface area contributed by atoms with E-state index in [1.165, 1.54) is 7.11 Å². The number of halogens is 1. The molecule has 0 aliphatic heterocycles. The fourth-order valence-corrected chi connectivity index (χ4v) is 1.29. The Hall–Kier alpha value is -1.03. The topological polar surface area (TPSA) is 44.1 Å². The molecular formula is C9H13ClN2O2. The van der Waals surface area contributed by atoms with Gasteiger partial charge >= 0.3 is 5.97 Å². The lowest BCUT2D eigenvalue weighted by atomic mass is 10.2. The van der Waals surface area contributed by atoms with Gasteiger partial charge in [0.25, 0.3) is 0 Å². The normalized spacial score (nSPS) is 12.6. The van der Waals surface area contributed by atoms with Crippen LogP contribution in [0.4, 0.5) is 0 Å². The molecule has 0 radical (unpaired) electrons. The van der Waals surface area contributed by atoms with E-state index < -0.39 is 0 Å². The molecule has 0 N–H and O–H groups in total. The summed E-state index contributed by atoms with van der Waals surface area (Å²) in [6, 6.07) is 0. The van der Waals surface area contributed by atoms with Crippen LogP contribution >= 0.6 is 11.6 Å². The molecule has 0 spiro atoms. The Bertz CT molecular complexity index is 316. The molecule has 0 aliphatic rings. The number of carbonyl (C=O) groups is 1. The van der Waals surface area contributed by atoms with E-state index in [-0.39, 0.29) is 11.9 Å². The van der Waals surface area contributed by atoms with Gasteiger partial charge in [-0.1, -0.05) is 18.5 Å². The molecule has 0 saturated heterocycles. The van der Waals surface area contributed by atoms with Crippen LogP contribution in [0.3, 0.4) is 0 Å². The average Bonchev–Trinajstić information content (AvgIpc) is 2.44. The minimum absolute atomic E-state index is 0.213. The lowest BCUT2D eigenvalue weighted by Crippen LogP contribution is -2.19. The number of aromatic nitrogens is 2. The van der Waals surface area contributed by atoms with Crippen LogP contribution in [0, 0.1) is 12.8 Å². The van der Waals surface area contributed by atoms with Crippen molar-refractivity contribution < 1.29 is 9.53 Å². The molecule has 4 nitrogen and oxygen atoms in total. The Morgan fingerprint density at radius 3 is 2.86 bits per heavy atom. The monoisotopic (exact) mass is 216 g/mol. The highest BCUT2D eigenvalue weighted by Gasteiger charge is 2.14. The second-order valence-electron chi connectivity index (χ2n) is 3.21. The van der Waals surface area contributed by atoms with Crippen molar-refractivity contribution in [2.24, 2.45) is 5.92 Å². The summed E-state index contributed by atoms with van der Waals surface area (Å²) in [4.78, 5) is 11.1. The lowest BCUT2D eigenvalue weighted by molar-refractivity contribution is -0.145. The zero-order valence-electron chi connectivity index (χ0n) is 8.45. The molecule has 1 aromatic heterocycles. The van der Waals surface area contributed by atoms with Crippen molar-refractivity contribution in [2.45, 2.75) is 20.4 Å². The van der Waals surface area contributed by atoms with E-state index in [9.17, 15) is 4.79 Å². The molecule has 78 valence electrons. The molecule has 5 heteroatoms. The van der Waals surface area contributed by atoms with Crippen molar-refractivity contribution in [2.75, 3.05) is 7.11 Å². The lowest BCUT2D eigenvalue weighted by Gasteiger charge is -2.08. The van der Waals surface area contributed by atoms with E-state index in [1.54, 1.807) is 17.8 Å². The third-order valence-corrected chi connectivity index (χ3v) is 2.32. The summed E-state index contributed by atoms with van der Waals surface area (Å²) >= 11 is 5.83. The van der Waals surface area contributed by atoms with Crippen LogP contribution in [-0.2, 0) is 16.1 Å². The summed E-state index contributed by atoms with van der Waals surface area (Å²) in [5.74, 6) is -0.454. The minimum Gasteiger partial charge on any atom is -0.469 e. The van der Waals surface area contributed by atoms with Crippen LogP contribution in [0.1, 0.15) is 12.6 Å². The van der Waals surface area contributed by atoms with Gasteiger partial charge in [-0.25, -0.2) is 0 Å². The minimum atomic E-state index is -0.241. The van der Waals surface area contributed by atoms with Crippen molar-refractivity contribution in [1.82, 2.24) is 9.78 Å². The van der Waals surface area contributed by atoms with E-state index in [0.29, 0.717) is 11.6 Å². The fraction of sp³-hybridized carbons (Fsp3) is 0.556. The van der Waals surface area contributed by atoms with Gasteiger partial charge in [0.2, 0.25) is 0 Å². The molecule has 1 atom stereocenters. The summed E-state index contributed by atoms with van der Waals surface area (Å²) in [6.45, 7) is 4.10. The maximum Gasteiger partial charge on any atom is 0.310 e. The van der Waals surface area contributed by atoms with Crippen molar-refractivity contribution >= 4 is 17.6 Å². The molecule has 14 heavy (non-hydrogen) atoms. The molecule has 0 bridgehead atoms. The van der Waals surface area contributed by atoms with E-state index in [2.05, 4.69) is 9.84 Å². The van der Waals surface area contributed by atoms with Gasteiger partial charge in [-0.2, -0.15) is 5.10 Å². The molecule has 1 unspecified atom stereocenters. The maximum atomic E-state index is 11.1. The molecule has 1 heterocycles. The molecule has 0 aromatic carbocycles. The first kappa shape index (κ1) is 11.0. The number of ether oxygens (including phenoxy) is 1. The Morgan fingerprint density at radius 1 is 1.79 bits per heavy atom. The number of hydrogen-bond donors (Lipinski definition) is 0.